The van der Waals surface area contributed by atoms with Crippen LogP contribution < -0.4 is 0 Å². The highest BCUT2D eigenvalue weighted by atomic mass is 19.1. The van der Waals surface area contributed by atoms with Gasteiger partial charge >= 0.3 is 0 Å². The van der Waals surface area contributed by atoms with E-state index < -0.39 is 17.7 Å². The molecule has 116 valence electrons. The number of aliphatic hydroxyl groups is 1. The molecule has 2 aromatic rings. The number of hydrogen-bond donors (Lipinski definition) is 1. The highest BCUT2D eigenvalue weighted by molar-refractivity contribution is 5.24. The van der Waals surface area contributed by atoms with E-state index in [0.717, 1.165) is 23.4 Å². The van der Waals surface area contributed by atoms with Gasteiger partial charge in [0.25, 0.3) is 0 Å². The van der Waals surface area contributed by atoms with E-state index >= 15 is 0 Å². The molecule has 1 N–H and O–H groups in total. The van der Waals surface area contributed by atoms with Crippen LogP contribution in [-0.4, -0.2) is 27.6 Å². The topological polar surface area (TPSA) is 36.4 Å². The fourth-order valence-corrected chi connectivity index (χ4v) is 2.95. The molecular weight excluding hydrogens is 286 g/mol. The molecule has 0 amide bonds. The Morgan fingerprint density at radius 1 is 1.27 bits per heavy atom. The molecule has 2 atom stereocenters. The number of aryl methyl sites for hydroxylation is 1. The Morgan fingerprint density at radius 3 is 2.82 bits per heavy atom. The average Bonchev–Trinajstić information content (AvgIpc) is 2.84. The normalized spacial score (nSPS) is 22.2. The van der Waals surface area contributed by atoms with E-state index in [0.29, 0.717) is 25.1 Å². The van der Waals surface area contributed by atoms with Crippen molar-refractivity contribution in [2.45, 2.75) is 32.0 Å². The molecular formula is C17H18F2N2O. The Morgan fingerprint density at radius 2 is 2.09 bits per heavy atom. The quantitative estimate of drug-likeness (QED) is 0.947. The zero-order chi connectivity index (χ0) is 15.7. The SMILES string of the molecule is Cc1ccc(CN2CC(O)CC2c2cc(F)ccc2F)nc1. The molecule has 22 heavy (non-hydrogen) atoms. The van der Waals surface area contributed by atoms with Crippen LogP contribution in [0.4, 0.5) is 8.78 Å². The monoisotopic (exact) mass is 304 g/mol. The number of β-amino-alcohol motifs (C(OH)–C–C–N with tert-alkyl or cyclic N) is 1. The van der Waals surface area contributed by atoms with Gasteiger partial charge < -0.3 is 5.11 Å². The lowest BCUT2D eigenvalue weighted by molar-refractivity contribution is 0.172. The summed E-state index contributed by atoms with van der Waals surface area (Å²) in [5.41, 5.74) is 2.21. The first-order valence-electron chi connectivity index (χ1n) is 7.31. The van der Waals surface area contributed by atoms with Crippen LogP contribution in [0.2, 0.25) is 0 Å². The van der Waals surface area contributed by atoms with Gasteiger partial charge in [-0.2, -0.15) is 0 Å². The summed E-state index contributed by atoms with van der Waals surface area (Å²) in [7, 11) is 0. The van der Waals surface area contributed by atoms with E-state index in [4.69, 9.17) is 0 Å². The van der Waals surface area contributed by atoms with Crippen molar-refractivity contribution in [1.82, 2.24) is 9.88 Å². The van der Waals surface area contributed by atoms with Gasteiger partial charge in [0.05, 0.1) is 11.8 Å². The van der Waals surface area contributed by atoms with E-state index in [2.05, 4.69) is 4.98 Å². The molecule has 1 saturated heterocycles. The smallest absolute Gasteiger partial charge is 0.128 e. The molecule has 0 radical (unpaired) electrons. The zero-order valence-corrected chi connectivity index (χ0v) is 12.3. The third-order valence-corrected chi connectivity index (χ3v) is 4.04. The maximum atomic E-state index is 14.0. The lowest BCUT2D eigenvalue weighted by Gasteiger charge is -2.24. The second kappa shape index (κ2) is 6.10. The lowest BCUT2D eigenvalue weighted by atomic mass is 10.0. The van der Waals surface area contributed by atoms with Gasteiger partial charge in [0, 0.05) is 30.9 Å². The van der Waals surface area contributed by atoms with E-state index in [1.54, 1.807) is 6.20 Å². The predicted molar refractivity (Wildman–Crippen MR) is 79.1 cm³/mol. The Kier molecular flexibility index (Phi) is 4.18. The van der Waals surface area contributed by atoms with Gasteiger partial charge in [-0.15, -0.1) is 0 Å². The van der Waals surface area contributed by atoms with E-state index in [1.165, 1.54) is 6.07 Å². The van der Waals surface area contributed by atoms with Gasteiger partial charge in [-0.1, -0.05) is 6.07 Å². The Balaban J connectivity index is 1.85. The number of halogens is 2. The number of nitrogens with zero attached hydrogens (tertiary/aromatic N) is 2. The summed E-state index contributed by atoms with van der Waals surface area (Å²) < 4.78 is 27.5. The van der Waals surface area contributed by atoms with Crippen LogP contribution in [0.15, 0.2) is 36.5 Å². The first-order chi connectivity index (χ1) is 10.5. The molecule has 2 heterocycles. The minimum atomic E-state index is -0.543. The largest absolute Gasteiger partial charge is 0.392 e. The van der Waals surface area contributed by atoms with Crippen LogP contribution in [0, 0.1) is 18.6 Å². The molecule has 0 saturated carbocycles. The molecule has 0 aliphatic carbocycles. The van der Waals surface area contributed by atoms with E-state index in [1.807, 2.05) is 24.0 Å². The molecule has 3 nitrogen and oxygen atoms in total. The highest BCUT2D eigenvalue weighted by Crippen LogP contribution is 2.34. The van der Waals surface area contributed by atoms with Gasteiger partial charge in [-0.05, 0) is 43.2 Å². The lowest BCUT2D eigenvalue weighted by Crippen LogP contribution is -2.25. The summed E-state index contributed by atoms with van der Waals surface area (Å²) in [4.78, 5) is 6.29. The van der Waals surface area contributed by atoms with Gasteiger partial charge in [-0.3, -0.25) is 9.88 Å². The van der Waals surface area contributed by atoms with Gasteiger partial charge in [-0.25, -0.2) is 8.78 Å². The van der Waals surface area contributed by atoms with Crippen molar-refractivity contribution in [2.75, 3.05) is 6.54 Å². The van der Waals surface area contributed by atoms with Crippen molar-refractivity contribution in [3.8, 4) is 0 Å². The van der Waals surface area contributed by atoms with E-state index in [9.17, 15) is 13.9 Å². The first kappa shape index (κ1) is 15.1. The molecule has 1 fully saturated rings. The van der Waals surface area contributed by atoms with Crippen LogP contribution >= 0.6 is 0 Å². The third kappa shape index (κ3) is 3.15. The van der Waals surface area contributed by atoms with Crippen molar-refractivity contribution in [3.63, 3.8) is 0 Å². The minimum Gasteiger partial charge on any atom is -0.392 e. The van der Waals surface area contributed by atoms with Crippen molar-refractivity contribution >= 4 is 0 Å². The summed E-state index contributed by atoms with van der Waals surface area (Å²) in [6, 6.07) is 7.00. The fraction of sp³-hybridized carbons (Fsp3) is 0.353. The summed E-state index contributed by atoms with van der Waals surface area (Å²) >= 11 is 0. The maximum absolute atomic E-state index is 14.0. The van der Waals surface area contributed by atoms with Crippen LogP contribution in [0.25, 0.3) is 0 Å². The molecule has 1 aromatic heterocycles. The summed E-state index contributed by atoms with van der Waals surface area (Å²) in [6.45, 7) is 2.88. The summed E-state index contributed by atoms with van der Waals surface area (Å²) in [5.74, 6) is -0.909. The van der Waals surface area contributed by atoms with Crippen LogP contribution in [0.1, 0.15) is 29.3 Å². The van der Waals surface area contributed by atoms with Crippen LogP contribution in [0.5, 0.6) is 0 Å². The van der Waals surface area contributed by atoms with Crippen LogP contribution in [0.3, 0.4) is 0 Å². The van der Waals surface area contributed by atoms with E-state index in [-0.39, 0.29) is 6.04 Å². The Bertz CT molecular complexity index is 660. The van der Waals surface area contributed by atoms with Crippen molar-refractivity contribution < 1.29 is 13.9 Å². The minimum absolute atomic E-state index is 0.295. The fourth-order valence-electron chi connectivity index (χ4n) is 2.95. The number of likely N-dealkylation sites (tertiary alicyclic amines) is 1. The molecule has 0 spiro atoms. The molecule has 0 bridgehead atoms. The zero-order valence-electron chi connectivity index (χ0n) is 12.3. The molecule has 1 aliphatic heterocycles. The Hall–Kier alpha value is -1.85. The second-order valence-corrected chi connectivity index (χ2v) is 5.83. The molecule has 1 aliphatic rings. The Labute approximate surface area is 128 Å². The first-order valence-corrected chi connectivity index (χ1v) is 7.31. The van der Waals surface area contributed by atoms with Gasteiger partial charge in [0.15, 0.2) is 0 Å². The summed E-state index contributed by atoms with van der Waals surface area (Å²) in [5, 5.41) is 9.94. The highest BCUT2D eigenvalue weighted by Gasteiger charge is 2.34. The predicted octanol–water partition coefficient (Wildman–Crippen LogP) is 2.98. The number of benzene rings is 1. The summed E-state index contributed by atoms with van der Waals surface area (Å²) in [6.07, 6.45) is 1.63. The van der Waals surface area contributed by atoms with Crippen molar-refractivity contribution in [1.29, 1.82) is 0 Å². The number of aromatic nitrogens is 1. The molecule has 3 rings (SSSR count). The molecule has 1 aromatic carbocycles. The van der Waals surface area contributed by atoms with Crippen molar-refractivity contribution in [3.05, 3.63) is 65.0 Å². The maximum Gasteiger partial charge on any atom is 0.128 e. The number of hydrogen-bond acceptors (Lipinski definition) is 3. The number of rotatable bonds is 3. The van der Waals surface area contributed by atoms with Crippen molar-refractivity contribution in [2.24, 2.45) is 0 Å². The number of pyridine rings is 1. The van der Waals surface area contributed by atoms with Crippen LogP contribution in [-0.2, 0) is 6.54 Å². The van der Waals surface area contributed by atoms with Gasteiger partial charge in [0.1, 0.15) is 11.6 Å². The molecule has 2 unspecified atom stereocenters. The standard InChI is InChI=1S/C17H18F2N2O/c1-11-2-4-13(20-8-11)9-21-10-14(22)7-17(21)15-6-12(18)3-5-16(15)19/h2-6,8,14,17,22H,7,9-10H2,1H3. The second-order valence-electron chi connectivity index (χ2n) is 5.83. The third-order valence-electron chi connectivity index (χ3n) is 4.04. The number of aliphatic hydroxyl groups excluding tert-OH is 1. The molecule has 5 heteroatoms. The van der Waals surface area contributed by atoms with Gasteiger partial charge in [0.2, 0.25) is 0 Å². The average molecular weight is 304 g/mol.